The first kappa shape index (κ1) is 12.6. The maximum absolute atomic E-state index is 11.2. The Morgan fingerprint density at radius 1 is 1.32 bits per heavy atom. The van der Waals surface area contributed by atoms with Crippen molar-refractivity contribution in [2.45, 2.75) is 44.6 Å². The van der Waals surface area contributed by atoms with E-state index in [2.05, 4.69) is 10.2 Å². The van der Waals surface area contributed by atoms with Gasteiger partial charge in [-0.3, -0.25) is 4.79 Å². The minimum Gasteiger partial charge on any atom is -0.481 e. The molecule has 0 spiro atoms. The molecule has 19 heavy (non-hydrogen) atoms. The van der Waals surface area contributed by atoms with E-state index in [4.69, 9.17) is 4.74 Å². The van der Waals surface area contributed by atoms with Crippen LogP contribution in [0.3, 0.4) is 0 Å². The molecule has 3 heterocycles. The van der Waals surface area contributed by atoms with Crippen LogP contribution in [0.15, 0.2) is 0 Å². The first-order chi connectivity index (χ1) is 9.25. The lowest BCUT2D eigenvalue weighted by Gasteiger charge is -2.24. The van der Waals surface area contributed by atoms with Crippen molar-refractivity contribution in [2.75, 3.05) is 13.2 Å². The number of hydrogen-bond acceptors (Lipinski definition) is 4. The van der Waals surface area contributed by atoms with Gasteiger partial charge in [0.05, 0.1) is 0 Å². The quantitative estimate of drug-likeness (QED) is 0.888. The molecule has 1 atom stereocenters. The molecule has 2 aliphatic rings. The fourth-order valence-corrected chi connectivity index (χ4v) is 3.03. The molecule has 6 nitrogen and oxygen atoms in total. The van der Waals surface area contributed by atoms with Crippen LogP contribution in [0.4, 0.5) is 0 Å². The fourth-order valence-electron chi connectivity index (χ4n) is 3.03. The van der Waals surface area contributed by atoms with Gasteiger partial charge in [-0.05, 0) is 31.6 Å². The highest BCUT2D eigenvalue weighted by Gasteiger charge is 2.31. The van der Waals surface area contributed by atoms with E-state index >= 15 is 0 Å². The normalized spacial score (nSPS) is 24.1. The summed E-state index contributed by atoms with van der Waals surface area (Å²) in [6.07, 6.45) is 4.57. The van der Waals surface area contributed by atoms with Crippen molar-refractivity contribution in [1.82, 2.24) is 14.8 Å². The first-order valence-electron chi connectivity index (χ1n) is 6.98. The van der Waals surface area contributed by atoms with Crippen LogP contribution in [0.1, 0.15) is 43.3 Å². The first-order valence-corrected chi connectivity index (χ1v) is 6.98. The van der Waals surface area contributed by atoms with Gasteiger partial charge in [-0.2, -0.15) is 0 Å². The van der Waals surface area contributed by atoms with E-state index in [-0.39, 0.29) is 0 Å². The summed E-state index contributed by atoms with van der Waals surface area (Å²) >= 11 is 0. The van der Waals surface area contributed by atoms with E-state index in [0.717, 1.165) is 51.3 Å². The fraction of sp³-hybridized carbons (Fsp3) is 0.769. The smallest absolute Gasteiger partial charge is 0.314 e. The molecule has 2 aliphatic heterocycles. The average molecular weight is 265 g/mol. The Balaban J connectivity index is 1.78. The van der Waals surface area contributed by atoms with E-state index in [1.165, 1.54) is 0 Å². The second-order valence-electron chi connectivity index (χ2n) is 5.42. The van der Waals surface area contributed by atoms with Gasteiger partial charge >= 0.3 is 5.97 Å². The van der Waals surface area contributed by atoms with Crippen molar-refractivity contribution in [2.24, 2.45) is 5.92 Å². The van der Waals surface area contributed by atoms with Crippen LogP contribution < -0.4 is 0 Å². The van der Waals surface area contributed by atoms with Crippen molar-refractivity contribution < 1.29 is 14.6 Å². The third-order valence-corrected chi connectivity index (χ3v) is 4.15. The van der Waals surface area contributed by atoms with Gasteiger partial charge in [0.1, 0.15) is 17.6 Å². The van der Waals surface area contributed by atoms with Gasteiger partial charge in [0.2, 0.25) is 0 Å². The largest absolute Gasteiger partial charge is 0.481 e. The number of carboxylic acid groups (broad SMARTS) is 1. The topological polar surface area (TPSA) is 77.2 Å². The molecule has 0 saturated carbocycles. The Bertz CT molecular complexity index is 466. The summed E-state index contributed by atoms with van der Waals surface area (Å²) in [5.74, 6) is 0.913. The summed E-state index contributed by atoms with van der Waals surface area (Å²) in [5.41, 5.74) is 0. The third kappa shape index (κ3) is 2.49. The molecule has 0 radical (unpaired) electrons. The average Bonchev–Trinajstić information content (AvgIpc) is 2.83. The summed E-state index contributed by atoms with van der Waals surface area (Å²) < 4.78 is 7.39. The predicted octanol–water partition coefficient (Wildman–Crippen LogP) is 1.21. The number of hydrogen-bond donors (Lipinski definition) is 1. The van der Waals surface area contributed by atoms with Gasteiger partial charge in [-0.1, -0.05) is 0 Å². The third-order valence-electron chi connectivity index (χ3n) is 4.15. The molecule has 1 aromatic rings. The molecular weight excluding hydrogens is 246 g/mol. The molecule has 6 heteroatoms. The molecule has 1 N–H and O–H groups in total. The van der Waals surface area contributed by atoms with Gasteiger partial charge in [0, 0.05) is 26.2 Å². The van der Waals surface area contributed by atoms with Crippen molar-refractivity contribution in [3.8, 4) is 0 Å². The standard InChI is InChI=1S/C13H19N3O3/c17-13(18)10-2-1-5-16-11(14-15-12(10)16)8-9-3-6-19-7-4-9/h9-10H,1-8H2,(H,17,18). The van der Waals surface area contributed by atoms with Crippen LogP contribution in [-0.2, 0) is 22.5 Å². The summed E-state index contributed by atoms with van der Waals surface area (Å²) in [7, 11) is 0. The molecule has 0 aromatic carbocycles. The molecule has 1 fully saturated rings. The molecule has 0 amide bonds. The summed E-state index contributed by atoms with van der Waals surface area (Å²) in [6, 6.07) is 0. The van der Waals surface area contributed by atoms with Crippen molar-refractivity contribution in [3.63, 3.8) is 0 Å². The van der Waals surface area contributed by atoms with Gasteiger partial charge in [0.15, 0.2) is 0 Å². The highest BCUT2D eigenvalue weighted by molar-refractivity contribution is 5.75. The van der Waals surface area contributed by atoms with E-state index in [0.29, 0.717) is 18.2 Å². The van der Waals surface area contributed by atoms with Gasteiger partial charge in [0.25, 0.3) is 0 Å². The van der Waals surface area contributed by atoms with E-state index in [1.54, 1.807) is 0 Å². The molecule has 104 valence electrons. The Hall–Kier alpha value is -1.43. The van der Waals surface area contributed by atoms with Crippen LogP contribution >= 0.6 is 0 Å². The maximum Gasteiger partial charge on any atom is 0.314 e. The zero-order valence-electron chi connectivity index (χ0n) is 10.9. The molecule has 1 aromatic heterocycles. The molecule has 1 saturated heterocycles. The van der Waals surface area contributed by atoms with Crippen molar-refractivity contribution in [1.29, 1.82) is 0 Å². The summed E-state index contributed by atoms with van der Waals surface area (Å²) in [5, 5.41) is 17.6. The second-order valence-corrected chi connectivity index (χ2v) is 5.42. The second kappa shape index (κ2) is 5.28. The van der Waals surface area contributed by atoms with Crippen LogP contribution in [0.5, 0.6) is 0 Å². The number of rotatable bonds is 3. The summed E-state index contributed by atoms with van der Waals surface area (Å²) in [6.45, 7) is 2.50. The number of carboxylic acids is 1. The van der Waals surface area contributed by atoms with Crippen molar-refractivity contribution >= 4 is 5.97 Å². The predicted molar refractivity (Wildman–Crippen MR) is 66.9 cm³/mol. The monoisotopic (exact) mass is 265 g/mol. The zero-order valence-corrected chi connectivity index (χ0v) is 10.9. The lowest BCUT2D eigenvalue weighted by molar-refractivity contribution is -0.139. The maximum atomic E-state index is 11.2. The minimum atomic E-state index is -0.786. The number of fused-ring (bicyclic) bond motifs is 1. The minimum absolute atomic E-state index is 0.482. The molecule has 3 rings (SSSR count). The molecular formula is C13H19N3O3. The molecule has 1 unspecified atom stereocenters. The molecule has 0 aliphatic carbocycles. The Morgan fingerprint density at radius 3 is 2.84 bits per heavy atom. The highest BCUT2D eigenvalue weighted by atomic mass is 16.5. The number of nitrogens with zero attached hydrogens (tertiary/aromatic N) is 3. The SMILES string of the molecule is O=C(O)C1CCCn2c(CC3CCOCC3)nnc21. The zero-order chi connectivity index (χ0) is 13.2. The van der Waals surface area contributed by atoms with Gasteiger partial charge < -0.3 is 14.4 Å². The van der Waals surface area contributed by atoms with E-state index < -0.39 is 11.9 Å². The van der Waals surface area contributed by atoms with Crippen LogP contribution in [0, 0.1) is 5.92 Å². The van der Waals surface area contributed by atoms with E-state index in [9.17, 15) is 9.90 Å². The number of aliphatic carboxylic acids is 1. The highest BCUT2D eigenvalue weighted by Crippen LogP contribution is 2.28. The number of ether oxygens (including phenoxy) is 1. The lowest BCUT2D eigenvalue weighted by Crippen LogP contribution is -2.25. The van der Waals surface area contributed by atoms with Gasteiger partial charge in [-0.15, -0.1) is 10.2 Å². The number of aromatic nitrogens is 3. The van der Waals surface area contributed by atoms with E-state index in [1.807, 2.05) is 4.57 Å². The Kier molecular flexibility index (Phi) is 3.50. The van der Waals surface area contributed by atoms with Crippen LogP contribution in [0.2, 0.25) is 0 Å². The van der Waals surface area contributed by atoms with Crippen molar-refractivity contribution in [3.05, 3.63) is 11.6 Å². The molecule has 0 bridgehead atoms. The van der Waals surface area contributed by atoms with Crippen LogP contribution in [0.25, 0.3) is 0 Å². The number of carbonyl (C=O) groups is 1. The Morgan fingerprint density at radius 2 is 2.11 bits per heavy atom. The van der Waals surface area contributed by atoms with Crippen LogP contribution in [-0.4, -0.2) is 39.1 Å². The van der Waals surface area contributed by atoms with Gasteiger partial charge in [-0.25, -0.2) is 0 Å². The summed E-state index contributed by atoms with van der Waals surface area (Å²) in [4.78, 5) is 11.2. The lowest BCUT2D eigenvalue weighted by atomic mass is 9.95. The Labute approximate surface area is 111 Å².